The Morgan fingerprint density at radius 2 is 1.90 bits per heavy atom. The number of rotatable bonds is 8. The number of carbonyl (C=O) groups is 1. The Kier molecular flexibility index (Phi) is 6.66. The summed E-state index contributed by atoms with van der Waals surface area (Å²) < 4.78 is 10.6. The van der Waals surface area contributed by atoms with Crippen LogP contribution in [0.2, 0.25) is 0 Å². The van der Waals surface area contributed by atoms with Crippen LogP contribution in [0.25, 0.3) is 0 Å². The van der Waals surface area contributed by atoms with E-state index in [1.165, 1.54) is 31.1 Å². The quantitative estimate of drug-likeness (QED) is 0.606. The first-order valence-electron chi connectivity index (χ1n) is 11.6. The fourth-order valence-corrected chi connectivity index (χ4v) is 6.38. The molecule has 0 radical (unpaired) electrons. The Labute approximate surface area is 186 Å². The van der Waals surface area contributed by atoms with Crippen molar-refractivity contribution in [2.75, 3.05) is 20.8 Å². The Balaban J connectivity index is 1.69. The maximum atomic E-state index is 12.1. The number of fused-ring (bicyclic) bond motifs is 2. The molecule has 31 heavy (non-hydrogen) atoms. The van der Waals surface area contributed by atoms with Crippen LogP contribution >= 0.6 is 0 Å². The highest BCUT2D eigenvalue weighted by molar-refractivity contribution is 5.69. The lowest BCUT2D eigenvalue weighted by atomic mass is 9.50. The van der Waals surface area contributed by atoms with E-state index in [9.17, 15) is 4.79 Å². The van der Waals surface area contributed by atoms with Crippen LogP contribution in [-0.4, -0.2) is 32.3 Å². The summed E-state index contributed by atoms with van der Waals surface area (Å²) in [6.45, 7) is 1.01. The zero-order valence-electron chi connectivity index (χ0n) is 18.9. The zero-order valence-corrected chi connectivity index (χ0v) is 18.9. The predicted octanol–water partition coefficient (Wildman–Crippen LogP) is 5.05. The van der Waals surface area contributed by atoms with E-state index in [4.69, 9.17) is 9.47 Å². The van der Waals surface area contributed by atoms with Crippen molar-refractivity contribution >= 4 is 5.97 Å². The van der Waals surface area contributed by atoms with E-state index in [0.717, 1.165) is 44.4 Å². The first-order chi connectivity index (χ1) is 15.1. The van der Waals surface area contributed by atoms with Crippen molar-refractivity contribution in [1.29, 1.82) is 0 Å². The first-order valence-corrected chi connectivity index (χ1v) is 11.6. The van der Waals surface area contributed by atoms with E-state index >= 15 is 0 Å². The molecule has 4 rings (SSSR count). The van der Waals surface area contributed by atoms with Gasteiger partial charge in [-0.15, -0.1) is 0 Å². The zero-order chi connectivity index (χ0) is 21.7. The standard InChI is InChI=1S/C27H35NO3/c1-30-23-11-6-10-22(20-23)26-15-7-16-27(28-19-18-26,24(26)12-13-25(29)31-2)17-14-21-8-4-3-5-9-21/h3-6,8-11,20,24,28H,7,12-19H2,1-2H3. The van der Waals surface area contributed by atoms with Gasteiger partial charge in [-0.05, 0) is 74.2 Å². The molecule has 166 valence electrons. The van der Waals surface area contributed by atoms with Crippen LogP contribution in [0.5, 0.6) is 5.75 Å². The third kappa shape index (κ3) is 4.36. The summed E-state index contributed by atoms with van der Waals surface area (Å²) in [5.74, 6) is 1.19. The lowest BCUT2D eigenvalue weighted by molar-refractivity contribution is -0.141. The van der Waals surface area contributed by atoms with Gasteiger partial charge < -0.3 is 14.8 Å². The Bertz CT molecular complexity index is 869. The number of aryl methyl sites for hydroxylation is 1. The van der Waals surface area contributed by atoms with E-state index in [0.29, 0.717) is 12.3 Å². The highest BCUT2D eigenvalue weighted by Gasteiger charge is 2.56. The van der Waals surface area contributed by atoms with Crippen molar-refractivity contribution in [3.8, 4) is 5.75 Å². The van der Waals surface area contributed by atoms with Crippen molar-refractivity contribution in [2.24, 2.45) is 5.92 Å². The van der Waals surface area contributed by atoms with Crippen LogP contribution in [0.1, 0.15) is 56.1 Å². The van der Waals surface area contributed by atoms with Gasteiger partial charge in [-0.25, -0.2) is 0 Å². The van der Waals surface area contributed by atoms with Gasteiger partial charge in [-0.1, -0.05) is 48.9 Å². The number of carbonyl (C=O) groups excluding carboxylic acids is 1. The maximum Gasteiger partial charge on any atom is 0.305 e. The summed E-state index contributed by atoms with van der Waals surface area (Å²) in [6, 6.07) is 19.4. The van der Waals surface area contributed by atoms with Crippen LogP contribution in [0.3, 0.4) is 0 Å². The van der Waals surface area contributed by atoms with Gasteiger partial charge in [0.1, 0.15) is 5.75 Å². The number of benzene rings is 2. The summed E-state index contributed by atoms with van der Waals surface area (Å²) >= 11 is 0. The number of ether oxygens (including phenoxy) is 2. The Morgan fingerprint density at radius 1 is 1.06 bits per heavy atom. The molecular formula is C27H35NO3. The fourth-order valence-electron chi connectivity index (χ4n) is 6.38. The molecule has 2 aromatic carbocycles. The highest BCUT2D eigenvalue weighted by Crippen LogP contribution is 2.56. The second-order valence-electron chi connectivity index (χ2n) is 9.23. The minimum atomic E-state index is -0.109. The van der Waals surface area contributed by atoms with E-state index in [2.05, 4.69) is 53.8 Å². The van der Waals surface area contributed by atoms with Gasteiger partial charge in [-0.2, -0.15) is 0 Å². The molecule has 2 fully saturated rings. The average Bonchev–Trinajstić information content (AvgIpc) is 2.81. The normalized spacial score (nSPS) is 27.5. The Morgan fingerprint density at radius 3 is 2.68 bits per heavy atom. The lowest BCUT2D eigenvalue weighted by Gasteiger charge is -2.60. The summed E-state index contributed by atoms with van der Waals surface area (Å²) in [5.41, 5.74) is 2.87. The molecular weight excluding hydrogens is 386 g/mol. The molecule has 3 atom stereocenters. The van der Waals surface area contributed by atoms with E-state index in [1.54, 1.807) is 7.11 Å². The van der Waals surface area contributed by atoms with Crippen LogP contribution < -0.4 is 10.1 Å². The van der Waals surface area contributed by atoms with Crippen molar-refractivity contribution in [2.45, 2.75) is 62.3 Å². The van der Waals surface area contributed by atoms with Crippen molar-refractivity contribution in [1.82, 2.24) is 5.32 Å². The van der Waals surface area contributed by atoms with E-state index in [-0.39, 0.29) is 16.9 Å². The summed E-state index contributed by atoms with van der Waals surface area (Å²) in [4.78, 5) is 12.1. The van der Waals surface area contributed by atoms with Crippen molar-refractivity contribution < 1.29 is 14.3 Å². The molecule has 3 unspecified atom stereocenters. The number of nitrogens with one attached hydrogen (secondary N) is 1. The van der Waals surface area contributed by atoms with Crippen LogP contribution in [0.15, 0.2) is 54.6 Å². The van der Waals surface area contributed by atoms with Gasteiger partial charge in [0.2, 0.25) is 0 Å². The molecule has 1 saturated heterocycles. The molecule has 2 aliphatic rings. The Hall–Kier alpha value is -2.33. The van der Waals surface area contributed by atoms with Gasteiger partial charge >= 0.3 is 5.97 Å². The molecule has 0 spiro atoms. The highest BCUT2D eigenvalue weighted by atomic mass is 16.5. The number of methoxy groups -OCH3 is 2. The molecule has 2 aromatic rings. The van der Waals surface area contributed by atoms with E-state index < -0.39 is 0 Å². The topological polar surface area (TPSA) is 47.6 Å². The van der Waals surface area contributed by atoms with Gasteiger partial charge in [0.05, 0.1) is 14.2 Å². The van der Waals surface area contributed by atoms with Crippen molar-refractivity contribution in [3.63, 3.8) is 0 Å². The minimum absolute atomic E-state index is 0.0451. The maximum absolute atomic E-state index is 12.1. The molecule has 0 amide bonds. The average molecular weight is 422 g/mol. The number of hydrogen-bond donors (Lipinski definition) is 1. The van der Waals surface area contributed by atoms with Crippen molar-refractivity contribution in [3.05, 3.63) is 65.7 Å². The monoisotopic (exact) mass is 421 g/mol. The predicted molar refractivity (Wildman–Crippen MR) is 123 cm³/mol. The molecule has 2 bridgehead atoms. The molecule has 1 aliphatic carbocycles. The number of hydrogen-bond acceptors (Lipinski definition) is 4. The SMILES string of the molecule is COC(=O)CCC1C2(CCc3ccccc3)CCCC1(c1cccc(OC)c1)CCN2. The smallest absolute Gasteiger partial charge is 0.305 e. The fraction of sp³-hybridized carbons (Fsp3) is 0.519. The lowest BCUT2D eigenvalue weighted by Crippen LogP contribution is -2.66. The van der Waals surface area contributed by atoms with Gasteiger partial charge in [0, 0.05) is 17.4 Å². The summed E-state index contributed by atoms with van der Waals surface area (Å²) in [6.07, 6.45) is 8.10. The molecule has 1 N–H and O–H groups in total. The molecule has 1 saturated carbocycles. The van der Waals surface area contributed by atoms with Crippen LogP contribution in [0.4, 0.5) is 0 Å². The molecule has 0 aromatic heterocycles. The van der Waals surface area contributed by atoms with Crippen LogP contribution in [0, 0.1) is 5.92 Å². The third-order valence-electron chi connectivity index (χ3n) is 7.84. The molecule has 4 heteroatoms. The van der Waals surface area contributed by atoms with E-state index in [1.807, 2.05) is 6.07 Å². The second-order valence-corrected chi connectivity index (χ2v) is 9.23. The van der Waals surface area contributed by atoms with Gasteiger partial charge in [0.25, 0.3) is 0 Å². The second kappa shape index (κ2) is 9.44. The van der Waals surface area contributed by atoms with Gasteiger partial charge in [0.15, 0.2) is 0 Å². The molecule has 1 heterocycles. The minimum Gasteiger partial charge on any atom is -0.497 e. The van der Waals surface area contributed by atoms with Gasteiger partial charge in [-0.3, -0.25) is 4.79 Å². The number of piperidine rings is 1. The summed E-state index contributed by atoms with van der Waals surface area (Å²) in [5, 5.41) is 3.97. The molecule has 1 aliphatic heterocycles. The summed E-state index contributed by atoms with van der Waals surface area (Å²) in [7, 11) is 3.23. The molecule has 4 nitrogen and oxygen atoms in total. The largest absolute Gasteiger partial charge is 0.497 e. The van der Waals surface area contributed by atoms with Crippen LogP contribution in [-0.2, 0) is 21.4 Å². The third-order valence-corrected chi connectivity index (χ3v) is 7.84. The first kappa shape index (κ1) is 21.9. The number of esters is 1.